The molecule has 0 radical (unpaired) electrons. The number of aliphatic hydroxyl groups excluding tert-OH is 2. The van der Waals surface area contributed by atoms with Crippen LogP contribution in [0.1, 0.15) is 47.0 Å². The van der Waals surface area contributed by atoms with Crippen LogP contribution in [0.4, 0.5) is 0 Å². The first kappa shape index (κ1) is 20.4. The van der Waals surface area contributed by atoms with Gasteiger partial charge in [-0.25, -0.2) is 0 Å². The molecule has 0 spiro atoms. The van der Waals surface area contributed by atoms with Gasteiger partial charge >= 0.3 is 0 Å². The smallest absolute Gasteiger partial charge is 0.0830 e. The van der Waals surface area contributed by atoms with Crippen molar-refractivity contribution < 1.29 is 14.9 Å². The average Bonchev–Trinajstić information content (AvgIpc) is 3.21. The second-order valence-electron chi connectivity index (χ2n) is 6.76. The minimum absolute atomic E-state index is 0.0506. The van der Waals surface area contributed by atoms with Crippen molar-refractivity contribution in [3.8, 4) is 0 Å². The molecule has 1 aliphatic rings. The summed E-state index contributed by atoms with van der Waals surface area (Å²) in [4.78, 5) is 0. The largest absolute Gasteiger partial charge is 0.394 e. The van der Waals surface area contributed by atoms with Crippen LogP contribution in [-0.4, -0.2) is 35.6 Å². The Morgan fingerprint density at radius 1 is 1.35 bits per heavy atom. The van der Waals surface area contributed by atoms with Crippen molar-refractivity contribution >= 4 is 11.6 Å². The third-order valence-corrected chi connectivity index (χ3v) is 4.31. The number of rotatable bonds is 10. The summed E-state index contributed by atoms with van der Waals surface area (Å²) >= 11 is 6.26. The molecule has 0 bridgehead atoms. The topological polar surface area (TPSA) is 49.7 Å². The van der Waals surface area contributed by atoms with Gasteiger partial charge in [0.05, 0.1) is 25.4 Å². The van der Waals surface area contributed by atoms with Crippen LogP contribution in [0.25, 0.3) is 0 Å². The van der Waals surface area contributed by atoms with E-state index in [1.165, 1.54) is 11.1 Å². The Bertz CT molecular complexity index is 444. The number of hydrogen-bond acceptors (Lipinski definition) is 3. The van der Waals surface area contributed by atoms with Crippen LogP contribution in [-0.2, 0) is 4.74 Å². The summed E-state index contributed by atoms with van der Waals surface area (Å²) in [6, 6.07) is 0. The Labute approximate surface area is 145 Å². The summed E-state index contributed by atoms with van der Waals surface area (Å²) in [5.74, 6) is 0.952. The van der Waals surface area contributed by atoms with Crippen molar-refractivity contribution in [2.75, 3.05) is 13.2 Å². The maximum Gasteiger partial charge on any atom is 0.0830 e. The monoisotopic (exact) mass is 342 g/mol. The molecule has 1 saturated carbocycles. The van der Waals surface area contributed by atoms with Gasteiger partial charge < -0.3 is 14.9 Å². The summed E-state index contributed by atoms with van der Waals surface area (Å²) in [6.45, 7) is 8.38. The van der Waals surface area contributed by atoms with Crippen LogP contribution in [0.15, 0.2) is 34.4 Å². The van der Waals surface area contributed by atoms with Crippen LogP contribution in [0.3, 0.4) is 0 Å². The zero-order valence-electron chi connectivity index (χ0n) is 14.8. The predicted octanol–water partition coefficient (Wildman–Crippen LogP) is 4.20. The van der Waals surface area contributed by atoms with E-state index in [4.69, 9.17) is 16.3 Å². The highest BCUT2D eigenvalue weighted by atomic mass is 35.5. The number of halogens is 1. The van der Waals surface area contributed by atoms with Crippen molar-refractivity contribution in [1.82, 2.24) is 0 Å². The molecule has 1 rings (SSSR count). The summed E-state index contributed by atoms with van der Waals surface area (Å²) in [5, 5.41) is 19.5. The molecule has 1 fully saturated rings. The van der Waals surface area contributed by atoms with Crippen LogP contribution in [0, 0.1) is 11.8 Å². The highest BCUT2D eigenvalue weighted by Crippen LogP contribution is 2.47. The molecule has 0 heterocycles. The maximum atomic E-state index is 9.38. The zero-order valence-corrected chi connectivity index (χ0v) is 15.5. The lowest BCUT2D eigenvalue weighted by Gasteiger charge is -2.17. The van der Waals surface area contributed by atoms with Gasteiger partial charge in [-0.15, -0.1) is 0 Å². The van der Waals surface area contributed by atoms with Gasteiger partial charge in [0.15, 0.2) is 0 Å². The third kappa shape index (κ3) is 8.16. The first-order valence-electron chi connectivity index (χ1n) is 8.40. The Kier molecular flexibility index (Phi) is 9.15. The number of aliphatic hydroxyl groups is 2. The Hall–Kier alpha value is -0.610. The molecular formula is C19H31ClO3. The number of allylic oxidation sites excluding steroid dienone is 6. The van der Waals surface area contributed by atoms with E-state index in [9.17, 15) is 10.2 Å². The predicted molar refractivity (Wildman–Crippen MR) is 96.5 cm³/mol. The molecule has 0 unspecified atom stereocenters. The highest BCUT2D eigenvalue weighted by molar-refractivity contribution is 6.29. The molecule has 1 aliphatic carbocycles. The van der Waals surface area contributed by atoms with Crippen molar-refractivity contribution in [3.05, 3.63) is 34.4 Å². The van der Waals surface area contributed by atoms with Crippen LogP contribution >= 0.6 is 11.6 Å². The van der Waals surface area contributed by atoms with Gasteiger partial charge in [0.2, 0.25) is 0 Å². The molecule has 0 aromatic carbocycles. The lowest BCUT2D eigenvalue weighted by Crippen LogP contribution is -2.24. The summed E-state index contributed by atoms with van der Waals surface area (Å²) in [5.41, 5.74) is 2.56. The zero-order chi connectivity index (χ0) is 17.4. The first-order valence-corrected chi connectivity index (χ1v) is 8.78. The van der Waals surface area contributed by atoms with Crippen LogP contribution in [0.5, 0.6) is 0 Å². The molecule has 4 atom stereocenters. The Morgan fingerprint density at radius 2 is 2.04 bits per heavy atom. The second-order valence-corrected chi connectivity index (χ2v) is 7.33. The van der Waals surface area contributed by atoms with E-state index in [1.54, 1.807) is 6.92 Å². The summed E-state index contributed by atoms with van der Waals surface area (Å²) in [6.07, 6.45) is 8.01. The maximum absolute atomic E-state index is 9.38. The van der Waals surface area contributed by atoms with Gasteiger partial charge in [-0.3, -0.25) is 0 Å². The number of ether oxygens (including phenoxy) is 1. The minimum Gasteiger partial charge on any atom is -0.394 e. The molecule has 0 aliphatic heterocycles. The lowest BCUT2D eigenvalue weighted by atomic mass is 10.1. The quantitative estimate of drug-likeness (QED) is 0.585. The van der Waals surface area contributed by atoms with Gasteiger partial charge in [-0.2, -0.15) is 0 Å². The highest BCUT2D eigenvalue weighted by Gasteiger charge is 2.40. The SMILES string of the molecule is CC(C)=C/C=C/C/C(=C(/C)Cl)[C@@H]1C[C@H]1CO[C@@H](CO)C[C@H](C)O. The van der Waals surface area contributed by atoms with Crippen molar-refractivity contribution in [2.45, 2.75) is 59.2 Å². The minimum atomic E-state index is -0.456. The molecule has 0 aromatic rings. The molecule has 0 amide bonds. The van der Waals surface area contributed by atoms with E-state index < -0.39 is 6.10 Å². The van der Waals surface area contributed by atoms with Crippen LogP contribution < -0.4 is 0 Å². The summed E-state index contributed by atoms with van der Waals surface area (Å²) < 4.78 is 5.74. The van der Waals surface area contributed by atoms with Gasteiger partial charge in [-0.1, -0.05) is 35.4 Å². The lowest BCUT2D eigenvalue weighted by molar-refractivity contribution is -0.0193. The van der Waals surface area contributed by atoms with Crippen molar-refractivity contribution in [3.63, 3.8) is 0 Å². The van der Waals surface area contributed by atoms with E-state index in [2.05, 4.69) is 32.1 Å². The molecule has 4 heteroatoms. The van der Waals surface area contributed by atoms with E-state index in [0.29, 0.717) is 24.9 Å². The van der Waals surface area contributed by atoms with Gasteiger partial charge in [0.1, 0.15) is 0 Å². The van der Waals surface area contributed by atoms with E-state index in [1.807, 2.05) is 6.92 Å². The standard InChI is InChI=1S/C19H31ClO3/c1-13(2)7-5-6-8-18(15(4)20)19-10-16(19)12-23-17(11-21)9-14(3)22/h5-7,14,16-17,19,21-22H,8-12H2,1-4H3/b6-5+,18-15+/t14-,16-,17+,19+/m0/s1. The number of hydrogen-bond donors (Lipinski definition) is 2. The molecular weight excluding hydrogens is 312 g/mol. The van der Waals surface area contributed by atoms with Crippen molar-refractivity contribution in [2.24, 2.45) is 11.8 Å². The fraction of sp³-hybridized carbons (Fsp3) is 0.684. The fourth-order valence-electron chi connectivity index (χ4n) is 2.70. The van der Waals surface area contributed by atoms with Crippen LogP contribution in [0.2, 0.25) is 0 Å². The van der Waals surface area contributed by atoms with Gasteiger partial charge in [0, 0.05) is 11.5 Å². The third-order valence-electron chi connectivity index (χ3n) is 4.07. The van der Waals surface area contributed by atoms with E-state index in [0.717, 1.165) is 17.9 Å². The van der Waals surface area contributed by atoms with E-state index >= 15 is 0 Å². The van der Waals surface area contributed by atoms with Gasteiger partial charge in [-0.05, 0) is 57.9 Å². The van der Waals surface area contributed by atoms with Gasteiger partial charge in [0.25, 0.3) is 0 Å². The second kappa shape index (κ2) is 10.3. The fourth-order valence-corrected chi connectivity index (χ4v) is 2.91. The van der Waals surface area contributed by atoms with Crippen molar-refractivity contribution in [1.29, 1.82) is 0 Å². The normalized spacial score (nSPS) is 24.3. The molecule has 132 valence electrons. The molecule has 23 heavy (non-hydrogen) atoms. The molecule has 0 saturated heterocycles. The molecule has 0 aromatic heterocycles. The summed E-state index contributed by atoms with van der Waals surface area (Å²) in [7, 11) is 0. The first-order chi connectivity index (χ1) is 10.8. The Morgan fingerprint density at radius 3 is 2.57 bits per heavy atom. The Balaban J connectivity index is 2.45. The molecule has 3 nitrogen and oxygen atoms in total. The molecule has 2 N–H and O–H groups in total. The van der Waals surface area contributed by atoms with E-state index in [-0.39, 0.29) is 12.7 Å². The average molecular weight is 343 g/mol.